The first kappa shape index (κ1) is 33.4. The highest BCUT2D eigenvalue weighted by Gasteiger charge is 2.24. The van der Waals surface area contributed by atoms with Crippen LogP contribution in [0.5, 0.6) is 0 Å². The molecule has 252 valence electrons. The Morgan fingerprint density at radius 2 is 1.79 bits per heavy atom. The van der Waals surface area contributed by atoms with Crippen LogP contribution in [0.4, 0.5) is 11.5 Å². The number of aliphatic hydroxyl groups excluding tert-OH is 1. The number of β-amino-alcohol motifs (C(OH)–C–C–N with tert-alkyl or cyclic N) is 1. The van der Waals surface area contributed by atoms with Crippen LogP contribution in [0.2, 0.25) is 0 Å². The van der Waals surface area contributed by atoms with Crippen molar-refractivity contribution in [2.24, 2.45) is 7.05 Å². The van der Waals surface area contributed by atoms with Crippen molar-refractivity contribution in [1.29, 1.82) is 0 Å². The van der Waals surface area contributed by atoms with Gasteiger partial charge in [0.05, 0.1) is 12.3 Å². The van der Waals surface area contributed by atoms with Crippen molar-refractivity contribution in [3.63, 3.8) is 0 Å². The van der Waals surface area contributed by atoms with Crippen molar-refractivity contribution in [3.05, 3.63) is 106 Å². The smallest absolute Gasteiger partial charge is 0.293 e. The van der Waals surface area contributed by atoms with E-state index in [1.807, 2.05) is 41.3 Å². The van der Waals surface area contributed by atoms with Gasteiger partial charge in [-0.15, -0.1) is 0 Å². The maximum atomic E-state index is 13.2. The van der Waals surface area contributed by atoms with E-state index in [1.165, 1.54) is 37.7 Å². The number of benzene rings is 2. The zero-order valence-electron chi connectivity index (χ0n) is 28.3. The average molecular weight is 649 g/mol. The van der Waals surface area contributed by atoms with Crippen LogP contribution < -0.4 is 16.2 Å². The molecule has 9 nitrogen and oxygen atoms in total. The molecular formula is C39H48N6O3. The number of anilines is 2. The molecular weight excluding hydrogens is 600 g/mol. The van der Waals surface area contributed by atoms with E-state index in [2.05, 4.69) is 53.3 Å². The lowest BCUT2D eigenvalue weighted by atomic mass is 9.84. The van der Waals surface area contributed by atoms with Gasteiger partial charge in [-0.05, 0) is 54.9 Å². The third kappa shape index (κ3) is 7.63. The Kier molecular flexibility index (Phi) is 10.6. The molecule has 2 aromatic carbocycles. The topological polar surface area (TPSA) is 103 Å². The van der Waals surface area contributed by atoms with Gasteiger partial charge in [-0.25, -0.2) is 4.98 Å². The number of hydrogen-bond acceptors (Lipinski definition) is 7. The average Bonchev–Trinajstić information content (AvgIpc) is 3.12. The molecule has 1 aliphatic heterocycles. The molecule has 0 bridgehead atoms. The van der Waals surface area contributed by atoms with Crippen LogP contribution in [0.15, 0.2) is 83.8 Å². The number of rotatable bonds is 10. The molecule has 0 radical (unpaired) electrons. The predicted octanol–water partition coefficient (Wildman–Crippen LogP) is 5.69. The first-order valence-corrected chi connectivity index (χ1v) is 17.3. The highest BCUT2D eigenvalue weighted by Crippen LogP contribution is 2.34. The van der Waals surface area contributed by atoms with E-state index in [0.717, 1.165) is 41.2 Å². The number of carbonyl (C=O) groups excluding carboxylic acids is 1. The van der Waals surface area contributed by atoms with Gasteiger partial charge in [0.1, 0.15) is 0 Å². The van der Waals surface area contributed by atoms with Crippen LogP contribution in [-0.2, 0) is 11.8 Å². The summed E-state index contributed by atoms with van der Waals surface area (Å²) in [5.74, 6) is 0.963. The molecule has 2 fully saturated rings. The van der Waals surface area contributed by atoms with Crippen molar-refractivity contribution in [1.82, 2.24) is 19.4 Å². The number of nitrogens with one attached hydrogen (secondary N) is 2. The molecule has 1 saturated heterocycles. The van der Waals surface area contributed by atoms with Gasteiger partial charge >= 0.3 is 0 Å². The summed E-state index contributed by atoms with van der Waals surface area (Å²) in [5, 5.41) is 16.0. The normalized spacial score (nSPS) is 18.8. The van der Waals surface area contributed by atoms with Gasteiger partial charge in [0.15, 0.2) is 5.82 Å². The minimum Gasteiger partial charge on any atom is -0.395 e. The Hall–Kier alpha value is -4.47. The summed E-state index contributed by atoms with van der Waals surface area (Å²) in [6.45, 7) is 9.98. The Balaban J connectivity index is 1.11. The molecule has 1 unspecified atom stereocenters. The Morgan fingerprint density at radius 1 is 1.04 bits per heavy atom. The number of hydrogen-bond donors (Lipinski definition) is 3. The first-order valence-electron chi connectivity index (χ1n) is 17.3. The quantitative estimate of drug-likeness (QED) is 0.260. The van der Waals surface area contributed by atoms with Gasteiger partial charge in [0.25, 0.3) is 11.5 Å². The minimum atomic E-state index is -0.212. The minimum absolute atomic E-state index is 0.0208. The van der Waals surface area contributed by atoms with Crippen LogP contribution >= 0.6 is 0 Å². The van der Waals surface area contributed by atoms with E-state index in [0.29, 0.717) is 43.2 Å². The second-order valence-electron chi connectivity index (χ2n) is 13.3. The van der Waals surface area contributed by atoms with Gasteiger partial charge in [-0.3, -0.25) is 14.5 Å². The maximum absolute atomic E-state index is 13.2. The summed E-state index contributed by atoms with van der Waals surface area (Å²) in [4.78, 5) is 35.1. The lowest BCUT2D eigenvalue weighted by molar-refractivity contribution is -0.128. The van der Waals surface area contributed by atoms with Crippen LogP contribution in [0, 0.1) is 6.92 Å². The van der Waals surface area contributed by atoms with E-state index in [9.17, 15) is 14.7 Å². The summed E-state index contributed by atoms with van der Waals surface area (Å²) < 4.78 is 1.56. The number of nitrogens with zero attached hydrogens (tertiary/aromatic N) is 4. The number of amides is 1. The Labute approximate surface area is 283 Å². The molecule has 2 aliphatic carbocycles. The highest BCUT2D eigenvalue weighted by atomic mass is 16.3. The summed E-state index contributed by atoms with van der Waals surface area (Å²) in [6.07, 6.45) is 14.6. The van der Waals surface area contributed by atoms with Gasteiger partial charge in [-0.1, -0.05) is 80.5 Å². The molecule has 1 saturated carbocycles. The lowest BCUT2D eigenvalue weighted by Crippen LogP contribution is -2.49. The third-order valence-electron chi connectivity index (χ3n) is 10.0. The zero-order valence-corrected chi connectivity index (χ0v) is 28.3. The fraction of sp³-hybridized carbons (Fsp3) is 0.410. The van der Waals surface area contributed by atoms with Crippen LogP contribution in [-0.4, -0.2) is 75.7 Å². The number of aromatic nitrogens is 2. The van der Waals surface area contributed by atoms with Gasteiger partial charge in [-0.2, -0.15) is 0 Å². The molecule has 9 heteroatoms. The number of piperazine rings is 1. The monoisotopic (exact) mass is 648 g/mol. The van der Waals surface area contributed by atoms with Crippen molar-refractivity contribution >= 4 is 23.1 Å². The molecule has 3 aromatic rings. The van der Waals surface area contributed by atoms with Crippen LogP contribution in [0.1, 0.15) is 61.1 Å². The second-order valence-corrected chi connectivity index (χ2v) is 13.3. The summed E-state index contributed by atoms with van der Waals surface area (Å²) in [7, 11) is 1.74. The molecule has 3 N–H and O–H groups in total. The van der Waals surface area contributed by atoms with Gasteiger partial charge < -0.3 is 25.2 Å². The second kappa shape index (κ2) is 15.2. The van der Waals surface area contributed by atoms with E-state index >= 15 is 0 Å². The fourth-order valence-corrected chi connectivity index (χ4v) is 7.07. The predicted molar refractivity (Wildman–Crippen MR) is 194 cm³/mol. The molecule has 1 aromatic heterocycles. The summed E-state index contributed by atoms with van der Waals surface area (Å²) >= 11 is 0. The molecule has 48 heavy (non-hydrogen) atoms. The van der Waals surface area contributed by atoms with Crippen LogP contribution in [0.25, 0.3) is 17.0 Å². The summed E-state index contributed by atoms with van der Waals surface area (Å²) in [6, 6.07) is 14.7. The lowest BCUT2D eigenvalue weighted by Gasteiger charge is -2.34. The Morgan fingerprint density at radius 3 is 2.48 bits per heavy atom. The van der Waals surface area contributed by atoms with Crippen LogP contribution in [0.3, 0.4) is 0 Å². The van der Waals surface area contributed by atoms with Gasteiger partial charge in [0, 0.05) is 74.5 Å². The zero-order chi connectivity index (χ0) is 33.6. The number of aryl methyl sites for hydroxylation is 1. The molecule has 0 spiro atoms. The van der Waals surface area contributed by atoms with Gasteiger partial charge in [0.2, 0.25) is 0 Å². The summed E-state index contributed by atoms with van der Waals surface area (Å²) in [5.41, 5.74) is 7.33. The first-order chi connectivity index (χ1) is 23.3. The molecule has 1 atom stereocenters. The third-order valence-corrected chi connectivity index (χ3v) is 10.0. The van der Waals surface area contributed by atoms with Crippen molar-refractivity contribution < 1.29 is 9.90 Å². The van der Waals surface area contributed by atoms with E-state index in [-0.39, 0.29) is 29.9 Å². The SMILES string of the molecule is C=C(Nc1cccc(-c2cn(C)c(=O)c(NC3C=CC(C(=O)N4CCN(CCO)CC4)=CC3)n2)c1C)c1ccc(C2CCCCC2)cc1. The van der Waals surface area contributed by atoms with Crippen molar-refractivity contribution in [2.75, 3.05) is 50.0 Å². The van der Waals surface area contributed by atoms with Crippen molar-refractivity contribution in [3.8, 4) is 11.3 Å². The number of carbonyl (C=O) groups is 1. The Bertz CT molecular complexity index is 1740. The fourth-order valence-electron chi connectivity index (χ4n) is 7.07. The molecule has 3 aliphatic rings. The number of aliphatic hydroxyl groups is 1. The van der Waals surface area contributed by atoms with E-state index < -0.39 is 0 Å². The molecule has 2 heterocycles. The largest absolute Gasteiger partial charge is 0.395 e. The highest BCUT2D eigenvalue weighted by molar-refractivity contribution is 5.96. The molecule has 6 rings (SSSR count). The maximum Gasteiger partial charge on any atom is 0.293 e. The van der Waals surface area contributed by atoms with E-state index in [1.54, 1.807) is 17.8 Å². The van der Waals surface area contributed by atoms with E-state index in [4.69, 9.17) is 4.98 Å². The van der Waals surface area contributed by atoms with Crippen molar-refractivity contribution in [2.45, 2.75) is 57.4 Å². The molecule has 1 amide bonds. The standard InChI is InChI=1S/C39H48N6O3/c1-27-34(10-7-11-35(27)40-28(2)29-12-14-31(15-13-29)30-8-5-4-6-9-30)36-26-43(3)39(48)37(42-36)41-33-18-16-32(17-19-33)38(47)45-22-20-44(21-23-45)24-25-46/h7,10-18,26,30,33,40,46H,2,4-6,8-9,19-25H2,1,3H3,(H,41,42).